The van der Waals surface area contributed by atoms with Gasteiger partial charge in [-0.05, 0) is 75.4 Å². The maximum absolute atomic E-state index is 13.7. The number of cyclic esters (lactones) is 1. The first-order chi connectivity index (χ1) is 25.0. The zero-order chi connectivity index (χ0) is 39.5. The van der Waals surface area contributed by atoms with E-state index in [1.165, 1.54) is 25.0 Å². The fourth-order valence-corrected chi connectivity index (χ4v) is 7.39. The minimum Gasteiger partial charge on any atom is -0.464 e. The van der Waals surface area contributed by atoms with Crippen LogP contribution in [0.4, 0.5) is 0 Å². The highest BCUT2D eigenvalue weighted by atomic mass is 16.6. The normalized spacial score (nSPS) is 33.9. The molecule has 1 amide bonds. The van der Waals surface area contributed by atoms with E-state index in [9.17, 15) is 34.2 Å². The Kier molecular flexibility index (Phi) is 17.0. The van der Waals surface area contributed by atoms with E-state index in [1.54, 1.807) is 21.0 Å². The van der Waals surface area contributed by atoms with Gasteiger partial charge in [-0.15, -0.1) is 0 Å². The summed E-state index contributed by atoms with van der Waals surface area (Å²) in [4.78, 5) is 68.3. The van der Waals surface area contributed by atoms with Gasteiger partial charge >= 0.3 is 5.97 Å². The Morgan fingerprint density at radius 3 is 2.28 bits per heavy atom. The van der Waals surface area contributed by atoms with Crippen molar-refractivity contribution < 1.29 is 53.1 Å². The van der Waals surface area contributed by atoms with E-state index in [2.05, 4.69) is 0 Å². The van der Waals surface area contributed by atoms with Crippen molar-refractivity contribution in [2.75, 3.05) is 27.4 Å². The average molecular weight is 744 g/mol. The second-order valence-corrected chi connectivity index (χ2v) is 15.1. The van der Waals surface area contributed by atoms with Gasteiger partial charge in [-0.1, -0.05) is 64.2 Å². The van der Waals surface area contributed by atoms with Crippen LogP contribution in [0.25, 0.3) is 0 Å². The topological polar surface area (TPSA) is 166 Å². The zero-order valence-electron chi connectivity index (χ0n) is 32.7. The number of esters is 1. The van der Waals surface area contributed by atoms with Crippen LogP contribution in [-0.2, 0) is 42.9 Å². The number of rotatable bonds is 2. The number of nitrogens with zero attached hydrogens (tertiary/aromatic N) is 1. The van der Waals surface area contributed by atoms with Crippen molar-refractivity contribution in [3.8, 4) is 0 Å². The third-order valence-corrected chi connectivity index (χ3v) is 10.8. The molecule has 2 saturated heterocycles. The summed E-state index contributed by atoms with van der Waals surface area (Å²) in [6.45, 7) is 10.5. The van der Waals surface area contributed by atoms with E-state index >= 15 is 0 Å². The van der Waals surface area contributed by atoms with Crippen LogP contribution in [0.1, 0.15) is 92.9 Å². The Balaban J connectivity index is 1.90. The third kappa shape index (κ3) is 11.8. The van der Waals surface area contributed by atoms with Crippen LogP contribution in [0.2, 0.25) is 0 Å². The number of amides is 1. The molecule has 3 heterocycles. The molecule has 3 aliphatic rings. The van der Waals surface area contributed by atoms with Gasteiger partial charge in [0.05, 0.1) is 18.8 Å². The van der Waals surface area contributed by atoms with Crippen molar-refractivity contribution in [3.05, 3.63) is 47.6 Å². The lowest BCUT2D eigenvalue weighted by Crippen LogP contribution is -2.54. The summed E-state index contributed by atoms with van der Waals surface area (Å²) in [5.41, 5.74) is 0.916. The number of carbonyl (C=O) groups is 5. The molecule has 0 saturated carbocycles. The maximum atomic E-state index is 13.7. The van der Waals surface area contributed by atoms with Crippen LogP contribution in [-0.4, -0.2) is 108 Å². The van der Waals surface area contributed by atoms with E-state index in [-0.39, 0.29) is 55.0 Å². The van der Waals surface area contributed by atoms with Crippen LogP contribution in [0.3, 0.4) is 0 Å². The Morgan fingerprint density at radius 2 is 1.60 bits per heavy atom. The van der Waals surface area contributed by atoms with Gasteiger partial charge in [-0.3, -0.25) is 19.2 Å². The molecule has 0 aromatic carbocycles. The summed E-state index contributed by atoms with van der Waals surface area (Å²) in [5, 5.41) is 22.2. The van der Waals surface area contributed by atoms with E-state index in [0.717, 1.165) is 5.57 Å². The Hall–Kier alpha value is -3.29. The van der Waals surface area contributed by atoms with Gasteiger partial charge in [0.25, 0.3) is 5.91 Å². The molecule has 3 rings (SSSR count). The molecule has 0 radical (unpaired) electrons. The standard InChI is InChI=1S/C41H61NO11/c1-25-14-10-9-11-15-26(2)34(50-7)24-31-18-17-27(3)37(53-31)36(45)39(46)42-20-13-12-16-32(42)40(47)52-21-19-33(43)28(4)23-30(6)41(48,49)38(51-8)35(44)29(5)22-25/h9-11,14-15,23,25,27-29,31-32,34,37-38,48-49H,12-13,16-22,24H2,1-8H3. The van der Waals surface area contributed by atoms with Gasteiger partial charge in [0.15, 0.2) is 11.9 Å². The smallest absolute Gasteiger partial charge is 0.328 e. The van der Waals surface area contributed by atoms with E-state index in [1.807, 2.05) is 51.2 Å². The van der Waals surface area contributed by atoms with Crippen LogP contribution in [0, 0.1) is 23.7 Å². The molecule has 53 heavy (non-hydrogen) atoms. The molecule has 0 aromatic heterocycles. The Bertz CT molecular complexity index is 1430. The summed E-state index contributed by atoms with van der Waals surface area (Å²) in [6.07, 6.45) is 11.5. The van der Waals surface area contributed by atoms with Crippen molar-refractivity contribution in [2.45, 2.75) is 129 Å². The Morgan fingerprint density at radius 1 is 0.887 bits per heavy atom. The number of aliphatic hydroxyl groups is 2. The molecule has 296 valence electrons. The monoisotopic (exact) mass is 743 g/mol. The first kappa shape index (κ1) is 44.1. The zero-order valence-corrected chi connectivity index (χ0v) is 32.7. The van der Waals surface area contributed by atoms with E-state index < -0.39 is 59.3 Å². The molecule has 12 nitrogen and oxygen atoms in total. The summed E-state index contributed by atoms with van der Waals surface area (Å²) in [6, 6.07) is -0.965. The second-order valence-electron chi connectivity index (χ2n) is 15.1. The SMILES string of the molecule is COC1CC2CCC(C)C(O2)C(=O)C(=O)N2CCCCC2C(=O)OCCC(=O)C(C)C=C(C)C(O)(O)C(OC)C(=O)C(C)CC(C)C=CC=CC=C1C. The van der Waals surface area contributed by atoms with E-state index in [4.69, 9.17) is 18.9 Å². The van der Waals surface area contributed by atoms with Gasteiger partial charge in [0.2, 0.25) is 11.6 Å². The number of fused-ring (bicyclic) bond motifs is 3. The number of piperidine rings is 1. The van der Waals surface area contributed by atoms with E-state index in [0.29, 0.717) is 44.9 Å². The predicted octanol–water partition coefficient (Wildman–Crippen LogP) is 4.61. The van der Waals surface area contributed by atoms with Crippen molar-refractivity contribution in [2.24, 2.45) is 23.7 Å². The van der Waals surface area contributed by atoms with Gasteiger partial charge in [0, 0.05) is 45.4 Å². The van der Waals surface area contributed by atoms with Gasteiger partial charge < -0.3 is 34.1 Å². The largest absolute Gasteiger partial charge is 0.464 e. The fraction of sp³-hybridized carbons (Fsp3) is 0.683. The molecule has 2 N–H and O–H groups in total. The molecule has 9 unspecified atom stereocenters. The number of hydrogen-bond acceptors (Lipinski definition) is 11. The van der Waals surface area contributed by atoms with Gasteiger partial charge in [-0.25, -0.2) is 4.79 Å². The van der Waals surface area contributed by atoms with Gasteiger partial charge in [-0.2, -0.15) is 0 Å². The number of hydrogen-bond donors (Lipinski definition) is 2. The maximum Gasteiger partial charge on any atom is 0.328 e. The van der Waals surface area contributed by atoms with Crippen LogP contribution < -0.4 is 0 Å². The lowest BCUT2D eigenvalue weighted by atomic mass is 9.86. The van der Waals surface area contributed by atoms with Crippen molar-refractivity contribution in [1.82, 2.24) is 4.90 Å². The van der Waals surface area contributed by atoms with Crippen molar-refractivity contribution in [1.29, 1.82) is 0 Å². The number of Topliss-reactive ketones (excluding diaryl/α,β-unsaturated/α-hetero) is 3. The quantitative estimate of drug-likeness (QED) is 0.176. The number of methoxy groups -OCH3 is 2. The van der Waals surface area contributed by atoms with Crippen LogP contribution in [0.15, 0.2) is 47.6 Å². The lowest BCUT2D eigenvalue weighted by Gasteiger charge is -2.38. The molecule has 0 aromatic rings. The molecular weight excluding hydrogens is 682 g/mol. The average Bonchev–Trinajstić information content (AvgIpc) is 3.13. The number of carbonyl (C=O) groups excluding carboxylic acids is 5. The minimum atomic E-state index is -2.68. The highest BCUT2D eigenvalue weighted by Crippen LogP contribution is 2.31. The third-order valence-electron chi connectivity index (χ3n) is 10.8. The lowest BCUT2D eigenvalue weighted by molar-refractivity contribution is -0.207. The highest BCUT2D eigenvalue weighted by Gasteiger charge is 2.44. The molecule has 2 fully saturated rings. The molecular formula is C41H61NO11. The molecule has 9 atom stereocenters. The summed E-state index contributed by atoms with van der Waals surface area (Å²) >= 11 is 0. The fourth-order valence-electron chi connectivity index (χ4n) is 7.39. The molecule has 0 spiro atoms. The number of allylic oxidation sites excluding steroid dienone is 6. The summed E-state index contributed by atoms with van der Waals surface area (Å²) in [5.74, 6) is -7.24. The number of ketones is 3. The minimum absolute atomic E-state index is 0.0201. The van der Waals surface area contributed by atoms with Crippen LogP contribution >= 0.6 is 0 Å². The predicted molar refractivity (Wildman–Crippen MR) is 198 cm³/mol. The van der Waals surface area contributed by atoms with Crippen molar-refractivity contribution >= 4 is 29.2 Å². The molecule has 12 heteroatoms. The highest BCUT2D eigenvalue weighted by molar-refractivity contribution is 6.38. The summed E-state index contributed by atoms with van der Waals surface area (Å²) < 4.78 is 22.9. The van der Waals surface area contributed by atoms with Gasteiger partial charge in [0.1, 0.15) is 17.9 Å². The first-order valence-corrected chi connectivity index (χ1v) is 19.0. The molecule has 2 bridgehead atoms. The molecule has 3 aliphatic heterocycles. The van der Waals surface area contributed by atoms with Crippen LogP contribution in [0.5, 0.6) is 0 Å². The molecule has 0 aliphatic carbocycles. The first-order valence-electron chi connectivity index (χ1n) is 19.0. The summed E-state index contributed by atoms with van der Waals surface area (Å²) in [7, 11) is 2.85. The number of ether oxygens (including phenoxy) is 4. The van der Waals surface area contributed by atoms with Crippen molar-refractivity contribution in [3.63, 3.8) is 0 Å². The second kappa shape index (κ2) is 20.4. The Labute approximate surface area is 314 Å².